The van der Waals surface area contributed by atoms with Crippen LogP contribution in [0.25, 0.3) is 5.69 Å². The molecular formula is C22H21ClF2N4O2. The van der Waals surface area contributed by atoms with E-state index in [1.807, 2.05) is 18.2 Å². The summed E-state index contributed by atoms with van der Waals surface area (Å²) < 4.78 is 33.4. The lowest BCUT2D eigenvalue weighted by Crippen LogP contribution is -2.35. The van der Waals surface area contributed by atoms with Gasteiger partial charge < -0.3 is 10.1 Å². The van der Waals surface area contributed by atoms with Crippen LogP contribution >= 0.6 is 11.6 Å². The van der Waals surface area contributed by atoms with Crippen molar-refractivity contribution in [1.82, 2.24) is 14.7 Å². The van der Waals surface area contributed by atoms with Crippen LogP contribution in [0.4, 0.5) is 14.5 Å². The second-order valence-electron chi connectivity index (χ2n) is 7.20. The summed E-state index contributed by atoms with van der Waals surface area (Å²) >= 11 is 6.24. The van der Waals surface area contributed by atoms with Gasteiger partial charge in [-0.2, -0.15) is 9.78 Å². The van der Waals surface area contributed by atoms with Crippen molar-refractivity contribution in [2.45, 2.75) is 13.1 Å². The Morgan fingerprint density at radius 3 is 2.58 bits per heavy atom. The molecule has 0 atom stereocenters. The molecular weight excluding hydrogens is 426 g/mol. The van der Waals surface area contributed by atoms with Crippen LogP contribution in [0.2, 0.25) is 5.02 Å². The van der Waals surface area contributed by atoms with Gasteiger partial charge in [-0.25, -0.2) is 8.78 Å². The van der Waals surface area contributed by atoms with E-state index in [1.165, 1.54) is 11.8 Å². The number of nitrogens with one attached hydrogen (secondary N) is 1. The minimum Gasteiger partial charge on any atom is -0.379 e. The Morgan fingerprint density at radius 1 is 1.10 bits per heavy atom. The van der Waals surface area contributed by atoms with Gasteiger partial charge in [-0.15, -0.1) is 0 Å². The average Bonchev–Trinajstić information content (AvgIpc) is 2.77. The molecule has 0 bridgehead atoms. The summed E-state index contributed by atoms with van der Waals surface area (Å²) in [5.74, 6) is -1.64. The number of morpholine rings is 1. The van der Waals surface area contributed by atoms with Crippen molar-refractivity contribution in [2.24, 2.45) is 0 Å². The van der Waals surface area contributed by atoms with E-state index in [2.05, 4.69) is 21.4 Å². The second kappa shape index (κ2) is 9.55. The van der Waals surface area contributed by atoms with Crippen molar-refractivity contribution in [3.8, 4) is 5.69 Å². The number of hydrogen-bond acceptors (Lipinski definition) is 5. The van der Waals surface area contributed by atoms with Crippen LogP contribution in [0.3, 0.4) is 0 Å². The Kier molecular flexibility index (Phi) is 6.60. The summed E-state index contributed by atoms with van der Waals surface area (Å²) in [5, 5.41) is 7.03. The molecule has 1 N–H and O–H groups in total. The van der Waals surface area contributed by atoms with Gasteiger partial charge >= 0.3 is 0 Å². The van der Waals surface area contributed by atoms with Crippen LogP contribution in [-0.2, 0) is 17.8 Å². The van der Waals surface area contributed by atoms with Crippen molar-refractivity contribution in [1.29, 1.82) is 0 Å². The summed E-state index contributed by atoms with van der Waals surface area (Å²) in [4.78, 5) is 14.9. The molecule has 2 heterocycles. The molecule has 3 aromatic rings. The molecule has 0 aliphatic carbocycles. The molecule has 0 spiro atoms. The van der Waals surface area contributed by atoms with Gasteiger partial charge in [0.1, 0.15) is 16.5 Å². The van der Waals surface area contributed by atoms with E-state index in [9.17, 15) is 13.6 Å². The van der Waals surface area contributed by atoms with Crippen molar-refractivity contribution in [3.63, 3.8) is 0 Å². The number of aromatic nitrogens is 2. The van der Waals surface area contributed by atoms with Gasteiger partial charge in [-0.05, 0) is 23.3 Å². The highest BCUT2D eigenvalue weighted by Gasteiger charge is 2.16. The minimum atomic E-state index is -0.900. The number of hydrogen-bond donors (Lipinski definition) is 1. The zero-order valence-electron chi connectivity index (χ0n) is 16.7. The molecule has 0 unspecified atom stereocenters. The average molecular weight is 447 g/mol. The van der Waals surface area contributed by atoms with Crippen LogP contribution in [-0.4, -0.2) is 41.0 Å². The number of nitrogens with zero attached hydrogens (tertiary/aromatic N) is 3. The van der Waals surface area contributed by atoms with Crippen molar-refractivity contribution >= 4 is 17.3 Å². The highest BCUT2D eigenvalue weighted by Crippen LogP contribution is 2.20. The SMILES string of the molecule is O=c1c(Cl)c(NCc2ccccc2CN2CCOCC2)cnn1-c1ccc(F)cc1F. The van der Waals surface area contributed by atoms with Gasteiger partial charge in [0.15, 0.2) is 5.82 Å². The first kappa shape index (κ1) is 21.4. The van der Waals surface area contributed by atoms with Crippen LogP contribution < -0.4 is 10.9 Å². The summed E-state index contributed by atoms with van der Waals surface area (Å²) in [5.41, 5.74) is 1.71. The first-order valence-electron chi connectivity index (χ1n) is 9.87. The van der Waals surface area contributed by atoms with E-state index in [0.29, 0.717) is 18.3 Å². The number of halogens is 3. The third kappa shape index (κ3) is 4.92. The lowest BCUT2D eigenvalue weighted by molar-refractivity contribution is 0.0341. The maximum Gasteiger partial charge on any atom is 0.292 e. The Balaban J connectivity index is 1.52. The lowest BCUT2D eigenvalue weighted by Gasteiger charge is -2.27. The zero-order valence-corrected chi connectivity index (χ0v) is 17.4. The fourth-order valence-electron chi connectivity index (χ4n) is 3.46. The predicted molar refractivity (Wildman–Crippen MR) is 115 cm³/mol. The molecule has 0 amide bonds. The molecule has 4 rings (SSSR count). The Morgan fingerprint density at radius 2 is 1.84 bits per heavy atom. The molecule has 1 saturated heterocycles. The third-order valence-corrected chi connectivity index (χ3v) is 5.51. The predicted octanol–water partition coefficient (Wildman–Crippen LogP) is 3.61. The van der Waals surface area contributed by atoms with Crippen LogP contribution in [0, 0.1) is 11.6 Å². The lowest BCUT2D eigenvalue weighted by atomic mass is 10.1. The second-order valence-corrected chi connectivity index (χ2v) is 7.57. The van der Waals surface area contributed by atoms with Crippen LogP contribution in [0.1, 0.15) is 11.1 Å². The smallest absolute Gasteiger partial charge is 0.292 e. The van der Waals surface area contributed by atoms with E-state index in [4.69, 9.17) is 16.3 Å². The first-order valence-corrected chi connectivity index (χ1v) is 10.2. The molecule has 1 aliphatic heterocycles. The van der Waals surface area contributed by atoms with Gasteiger partial charge in [-0.3, -0.25) is 9.69 Å². The van der Waals surface area contributed by atoms with E-state index in [-0.39, 0.29) is 10.7 Å². The number of rotatable bonds is 6. The number of benzene rings is 2. The fraction of sp³-hybridized carbons (Fsp3) is 0.273. The van der Waals surface area contributed by atoms with E-state index in [0.717, 1.165) is 55.2 Å². The van der Waals surface area contributed by atoms with Crippen molar-refractivity contribution < 1.29 is 13.5 Å². The van der Waals surface area contributed by atoms with Gasteiger partial charge in [0.2, 0.25) is 0 Å². The molecule has 1 aliphatic rings. The molecule has 31 heavy (non-hydrogen) atoms. The highest BCUT2D eigenvalue weighted by atomic mass is 35.5. The summed E-state index contributed by atoms with van der Waals surface area (Å²) in [6.07, 6.45) is 1.36. The topological polar surface area (TPSA) is 59.4 Å². The molecule has 9 heteroatoms. The van der Waals surface area contributed by atoms with Crippen molar-refractivity contribution in [3.05, 3.63) is 86.8 Å². The molecule has 1 fully saturated rings. The van der Waals surface area contributed by atoms with Gasteiger partial charge in [0.25, 0.3) is 5.56 Å². The summed E-state index contributed by atoms with van der Waals surface area (Å²) in [7, 11) is 0. The molecule has 1 aromatic heterocycles. The maximum atomic E-state index is 14.0. The largest absolute Gasteiger partial charge is 0.379 e. The minimum absolute atomic E-state index is 0.121. The fourth-order valence-corrected chi connectivity index (χ4v) is 3.65. The Hall–Kier alpha value is -2.81. The quantitative estimate of drug-likeness (QED) is 0.627. The number of anilines is 1. The normalized spacial score (nSPS) is 14.5. The standard InChI is InChI=1S/C22H21ClF2N4O2/c23-21-19(13-27-29(22(21)30)20-6-5-17(24)11-18(20)25)26-12-15-3-1-2-4-16(15)14-28-7-9-31-10-8-28/h1-6,11,13,26H,7-10,12,14H2. The van der Waals surface area contributed by atoms with Crippen LogP contribution in [0.5, 0.6) is 0 Å². The van der Waals surface area contributed by atoms with Gasteiger partial charge in [0.05, 0.1) is 25.1 Å². The highest BCUT2D eigenvalue weighted by molar-refractivity contribution is 6.32. The van der Waals surface area contributed by atoms with Crippen molar-refractivity contribution in [2.75, 3.05) is 31.6 Å². The van der Waals surface area contributed by atoms with E-state index in [1.54, 1.807) is 0 Å². The molecule has 6 nitrogen and oxygen atoms in total. The monoisotopic (exact) mass is 446 g/mol. The summed E-state index contributed by atoms with van der Waals surface area (Å²) in [6.45, 7) is 4.47. The third-order valence-electron chi connectivity index (χ3n) is 5.14. The molecule has 162 valence electrons. The van der Waals surface area contributed by atoms with E-state index < -0.39 is 17.2 Å². The van der Waals surface area contributed by atoms with Gasteiger partial charge in [0, 0.05) is 32.2 Å². The zero-order chi connectivity index (χ0) is 21.8. The maximum absolute atomic E-state index is 14.0. The summed E-state index contributed by atoms with van der Waals surface area (Å²) in [6, 6.07) is 10.9. The molecule has 2 aromatic carbocycles. The van der Waals surface area contributed by atoms with Gasteiger partial charge in [-0.1, -0.05) is 35.9 Å². The Bertz CT molecular complexity index is 1130. The molecule has 0 saturated carbocycles. The number of ether oxygens (including phenoxy) is 1. The Labute approximate surface area is 183 Å². The first-order chi connectivity index (χ1) is 15.0. The van der Waals surface area contributed by atoms with Crippen LogP contribution in [0.15, 0.2) is 53.5 Å². The molecule has 0 radical (unpaired) electrons. The van der Waals surface area contributed by atoms with E-state index >= 15 is 0 Å².